The van der Waals surface area contributed by atoms with Gasteiger partial charge in [0.15, 0.2) is 5.84 Å². The van der Waals surface area contributed by atoms with E-state index in [9.17, 15) is 0 Å². The van der Waals surface area contributed by atoms with Crippen LogP contribution in [-0.4, -0.2) is 30.2 Å². The lowest BCUT2D eigenvalue weighted by Gasteiger charge is -2.22. The zero-order valence-electron chi connectivity index (χ0n) is 11.7. The molecule has 2 rings (SSSR count). The summed E-state index contributed by atoms with van der Waals surface area (Å²) in [5, 5.41) is 15.1. The third-order valence-electron chi connectivity index (χ3n) is 3.67. The molecule has 1 aromatic carbocycles. The van der Waals surface area contributed by atoms with Gasteiger partial charge in [0.1, 0.15) is 12.4 Å². The molecule has 0 radical (unpaired) electrons. The first kappa shape index (κ1) is 14.7. The van der Waals surface area contributed by atoms with Gasteiger partial charge in [-0.1, -0.05) is 24.4 Å². The van der Waals surface area contributed by atoms with E-state index in [1.807, 2.05) is 12.1 Å². The first-order valence-corrected chi connectivity index (χ1v) is 7.24. The Bertz CT molecular complexity index is 425. The van der Waals surface area contributed by atoms with E-state index in [1.54, 1.807) is 12.1 Å². The number of nitrogens with two attached hydrogens (primary N) is 1. The van der Waals surface area contributed by atoms with Crippen LogP contribution in [0.25, 0.3) is 0 Å². The summed E-state index contributed by atoms with van der Waals surface area (Å²) in [5.41, 5.74) is 6.18. The van der Waals surface area contributed by atoms with Gasteiger partial charge in [-0.05, 0) is 37.1 Å². The second kappa shape index (κ2) is 7.75. The largest absolute Gasteiger partial charge is 0.492 e. The lowest BCUT2D eigenvalue weighted by Crippen LogP contribution is -2.34. The number of amidine groups is 1. The quantitative estimate of drug-likeness (QED) is 0.244. The Morgan fingerprint density at radius 3 is 2.60 bits per heavy atom. The zero-order chi connectivity index (χ0) is 14.2. The van der Waals surface area contributed by atoms with Crippen molar-refractivity contribution in [2.45, 2.75) is 38.1 Å². The maximum atomic E-state index is 8.58. The Balaban J connectivity index is 1.68. The molecular formula is C15H23N3O2. The van der Waals surface area contributed by atoms with E-state index in [0.717, 1.165) is 12.3 Å². The molecule has 0 aliphatic heterocycles. The van der Waals surface area contributed by atoms with Gasteiger partial charge in [0.2, 0.25) is 0 Å². The van der Waals surface area contributed by atoms with Gasteiger partial charge in [-0.3, -0.25) is 0 Å². The van der Waals surface area contributed by atoms with Crippen LogP contribution in [0.5, 0.6) is 5.75 Å². The number of nitrogens with zero attached hydrogens (tertiary/aromatic N) is 1. The predicted octanol–water partition coefficient (Wildman–Crippen LogP) is 2.08. The summed E-state index contributed by atoms with van der Waals surface area (Å²) >= 11 is 0. The Morgan fingerprint density at radius 1 is 1.25 bits per heavy atom. The van der Waals surface area contributed by atoms with Crippen molar-refractivity contribution < 1.29 is 9.94 Å². The molecular weight excluding hydrogens is 254 g/mol. The lowest BCUT2D eigenvalue weighted by molar-refractivity contribution is 0.289. The van der Waals surface area contributed by atoms with Crippen LogP contribution in [0.3, 0.4) is 0 Å². The van der Waals surface area contributed by atoms with Crippen molar-refractivity contribution in [3.63, 3.8) is 0 Å². The Labute approximate surface area is 119 Å². The molecule has 5 heteroatoms. The van der Waals surface area contributed by atoms with Crippen LogP contribution < -0.4 is 15.8 Å². The Morgan fingerprint density at radius 2 is 1.95 bits per heavy atom. The molecule has 0 atom stereocenters. The van der Waals surface area contributed by atoms with Crippen LogP contribution >= 0.6 is 0 Å². The molecule has 0 saturated heterocycles. The first-order chi connectivity index (χ1) is 9.79. The molecule has 1 fully saturated rings. The fraction of sp³-hybridized carbons (Fsp3) is 0.533. The number of nitrogens with one attached hydrogen (secondary N) is 1. The monoisotopic (exact) mass is 277 g/mol. The van der Waals surface area contributed by atoms with Gasteiger partial charge in [-0.2, -0.15) is 0 Å². The van der Waals surface area contributed by atoms with Gasteiger partial charge in [0.25, 0.3) is 0 Å². The van der Waals surface area contributed by atoms with Crippen LogP contribution in [0, 0.1) is 0 Å². The fourth-order valence-electron chi connectivity index (χ4n) is 2.52. The van der Waals surface area contributed by atoms with E-state index in [-0.39, 0.29) is 5.84 Å². The summed E-state index contributed by atoms with van der Waals surface area (Å²) < 4.78 is 5.66. The molecule has 1 aliphatic rings. The van der Waals surface area contributed by atoms with Crippen molar-refractivity contribution in [1.82, 2.24) is 5.32 Å². The molecule has 1 aliphatic carbocycles. The van der Waals surface area contributed by atoms with Gasteiger partial charge in [0.05, 0.1) is 0 Å². The molecule has 0 amide bonds. The van der Waals surface area contributed by atoms with Crippen LogP contribution in [0.1, 0.15) is 37.7 Å². The van der Waals surface area contributed by atoms with E-state index in [0.29, 0.717) is 18.2 Å². The van der Waals surface area contributed by atoms with Gasteiger partial charge in [-0.25, -0.2) is 0 Å². The van der Waals surface area contributed by atoms with Crippen LogP contribution in [0.4, 0.5) is 0 Å². The molecule has 0 aromatic heterocycles. The minimum absolute atomic E-state index is 0.107. The zero-order valence-corrected chi connectivity index (χ0v) is 11.7. The van der Waals surface area contributed by atoms with Crippen molar-refractivity contribution >= 4 is 5.84 Å². The number of ether oxygens (including phenoxy) is 1. The SMILES string of the molecule is NC(=NO)c1ccc(OCCNC2CCCCC2)cc1. The fourth-order valence-corrected chi connectivity index (χ4v) is 2.52. The lowest BCUT2D eigenvalue weighted by atomic mass is 9.96. The van der Waals surface area contributed by atoms with E-state index >= 15 is 0 Å². The van der Waals surface area contributed by atoms with Crippen molar-refractivity contribution in [2.75, 3.05) is 13.2 Å². The molecule has 20 heavy (non-hydrogen) atoms. The second-order valence-corrected chi connectivity index (χ2v) is 5.15. The Hall–Kier alpha value is -1.75. The highest BCUT2D eigenvalue weighted by atomic mass is 16.5. The average Bonchev–Trinajstić information content (AvgIpc) is 2.52. The van der Waals surface area contributed by atoms with E-state index in [2.05, 4.69) is 10.5 Å². The summed E-state index contributed by atoms with van der Waals surface area (Å²) in [5.74, 6) is 0.903. The van der Waals surface area contributed by atoms with E-state index < -0.39 is 0 Å². The van der Waals surface area contributed by atoms with Gasteiger partial charge in [-0.15, -0.1) is 0 Å². The molecule has 0 unspecified atom stereocenters. The summed E-state index contributed by atoms with van der Waals surface area (Å²) in [6.07, 6.45) is 6.63. The smallest absolute Gasteiger partial charge is 0.170 e. The molecule has 4 N–H and O–H groups in total. The molecule has 0 spiro atoms. The molecule has 110 valence electrons. The number of benzene rings is 1. The molecule has 0 heterocycles. The highest BCUT2D eigenvalue weighted by Crippen LogP contribution is 2.17. The number of hydrogen-bond donors (Lipinski definition) is 3. The summed E-state index contributed by atoms with van der Waals surface area (Å²) in [7, 11) is 0. The van der Waals surface area contributed by atoms with Crippen molar-refractivity contribution in [1.29, 1.82) is 0 Å². The molecule has 5 nitrogen and oxygen atoms in total. The normalized spacial score (nSPS) is 17.1. The molecule has 1 saturated carbocycles. The van der Waals surface area contributed by atoms with E-state index in [4.69, 9.17) is 15.7 Å². The number of rotatable bonds is 6. The maximum absolute atomic E-state index is 8.58. The summed E-state index contributed by atoms with van der Waals surface area (Å²) in [6, 6.07) is 7.87. The maximum Gasteiger partial charge on any atom is 0.170 e. The predicted molar refractivity (Wildman–Crippen MR) is 79.3 cm³/mol. The summed E-state index contributed by atoms with van der Waals surface area (Å²) in [4.78, 5) is 0. The second-order valence-electron chi connectivity index (χ2n) is 5.15. The molecule has 1 aromatic rings. The third-order valence-corrected chi connectivity index (χ3v) is 3.67. The van der Waals surface area contributed by atoms with Crippen LogP contribution in [0.15, 0.2) is 29.4 Å². The topological polar surface area (TPSA) is 79.9 Å². The Kier molecular flexibility index (Phi) is 5.68. The molecule has 0 bridgehead atoms. The van der Waals surface area contributed by atoms with Crippen molar-refractivity contribution in [2.24, 2.45) is 10.9 Å². The van der Waals surface area contributed by atoms with Crippen molar-refractivity contribution in [3.05, 3.63) is 29.8 Å². The highest BCUT2D eigenvalue weighted by molar-refractivity contribution is 5.97. The average molecular weight is 277 g/mol. The third kappa shape index (κ3) is 4.42. The number of oxime groups is 1. The van der Waals surface area contributed by atoms with Crippen LogP contribution in [0.2, 0.25) is 0 Å². The summed E-state index contributed by atoms with van der Waals surface area (Å²) in [6.45, 7) is 1.52. The van der Waals surface area contributed by atoms with Gasteiger partial charge in [0, 0.05) is 18.2 Å². The first-order valence-electron chi connectivity index (χ1n) is 7.24. The van der Waals surface area contributed by atoms with Crippen LogP contribution in [-0.2, 0) is 0 Å². The highest BCUT2D eigenvalue weighted by Gasteiger charge is 2.11. The minimum Gasteiger partial charge on any atom is -0.492 e. The number of hydrogen-bond acceptors (Lipinski definition) is 4. The van der Waals surface area contributed by atoms with Gasteiger partial charge >= 0.3 is 0 Å². The van der Waals surface area contributed by atoms with E-state index in [1.165, 1.54) is 32.1 Å². The van der Waals surface area contributed by atoms with Gasteiger partial charge < -0.3 is 21.0 Å². The minimum atomic E-state index is 0.107. The standard InChI is InChI=1S/C15H23N3O2/c16-15(18-19)12-6-8-14(9-7-12)20-11-10-17-13-4-2-1-3-5-13/h6-9,13,17,19H,1-5,10-11H2,(H2,16,18). The van der Waals surface area contributed by atoms with Crippen molar-refractivity contribution in [3.8, 4) is 5.75 Å².